The van der Waals surface area contributed by atoms with Gasteiger partial charge in [-0.3, -0.25) is 4.79 Å². The van der Waals surface area contributed by atoms with Gasteiger partial charge in [0, 0.05) is 5.69 Å². The highest BCUT2D eigenvalue weighted by Crippen LogP contribution is 2.17. The molecule has 1 amide bonds. The van der Waals surface area contributed by atoms with Crippen LogP contribution in [0.25, 0.3) is 0 Å². The molecule has 2 N–H and O–H groups in total. The van der Waals surface area contributed by atoms with Gasteiger partial charge in [-0.25, -0.2) is 5.43 Å². The number of hydrogen-bond donors (Lipinski definition) is 2. The lowest BCUT2D eigenvalue weighted by Gasteiger charge is -2.16. The summed E-state index contributed by atoms with van der Waals surface area (Å²) in [6, 6.07) is 10.6. The second-order valence-corrected chi connectivity index (χ2v) is 4.81. The molecule has 2 aromatic rings. The van der Waals surface area contributed by atoms with E-state index in [4.69, 9.17) is 9.15 Å². The van der Waals surface area contributed by atoms with E-state index in [9.17, 15) is 4.79 Å². The second kappa shape index (κ2) is 8.63. The van der Waals surface area contributed by atoms with Crippen molar-refractivity contribution in [2.45, 2.75) is 26.3 Å². The minimum Gasteiger partial charge on any atom is -0.494 e. The van der Waals surface area contributed by atoms with E-state index in [1.165, 1.54) is 6.21 Å². The van der Waals surface area contributed by atoms with E-state index in [1.807, 2.05) is 38.1 Å². The summed E-state index contributed by atoms with van der Waals surface area (Å²) in [5, 5.41) is 7.06. The van der Waals surface area contributed by atoms with E-state index in [-0.39, 0.29) is 11.9 Å². The predicted octanol–water partition coefficient (Wildman–Crippen LogP) is 3.02. The van der Waals surface area contributed by atoms with Crippen LogP contribution < -0.4 is 15.5 Å². The molecule has 23 heavy (non-hydrogen) atoms. The van der Waals surface area contributed by atoms with Gasteiger partial charge in [-0.1, -0.05) is 6.92 Å². The number of ether oxygens (including phenoxy) is 1. The molecule has 0 saturated heterocycles. The molecule has 0 fully saturated rings. The number of anilines is 1. The smallest absolute Gasteiger partial charge is 0.262 e. The molecule has 1 aromatic heterocycles. The third-order valence-corrected chi connectivity index (χ3v) is 3.14. The van der Waals surface area contributed by atoms with Gasteiger partial charge in [0.25, 0.3) is 5.91 Å². The number of nitrogens with zero attached hydrogens (tertiary/aromatic N) is 1. The van der Waals surface area contributed by atoms with Gasteiger partial charge in [-0.05, 0) is 49.7 Å². The lowest BCUT2D eigenvalue weighted by Crippen LogP contribution is -2.36. The third kappa shape index (κ3) is 5.18. The summed E-state index contributed by atoms with van der Waals surface area (Å²) < 4.78 is 10.5. The molecule has 1 aromatic carbocycles. The van der Waals surface area contributed by atoms with Crippen LogP contribution in [0.4, 0.5) is 5.69 Å². The Morgan fingerprint density at radius 3 is 2.70 bits per heavy atom. The number of carbonyl (C=O) groups is 1. The Morgan fingerprint density at radius 2 is 2.09 bits per heavy atom. The zero-order valence-corrected chi connectivity index (χ0v) is 13.3. The molecular formula is C17H21N3O3. The van der Waals surface area contributed by atoms with Crippen molar-refractivity contribution >= 4 is 17.8 Å². The van der Waals surface area contributed by atoms with Crippen molar-refractivity contribution in [2.24, 2.45) is 5.10 Å². The molecule has 1 heterocycles. The highest BCUT2D eigenvalue weighted by molar-refractivity contribution is 5.86. The number of benzene rings is 1. The SMILES string of the molecule is CCOc1ccc(NC(CC)C(=O)NN=Cc2ccco2)cc1. The predicted molar refractivity (Wildman–Crippen MR) is 89.8 cm³/mol. The van der Waals surface area contributed by atoms with Gasteiger partial charge in [0.05, 0.1) is 19.1 Å². The van der Waals surface area contributed by atoms with E-state index in [1.54, 1.807) is 18.4 Å². The molecule has 0 aliphatic carbocycles. The van der Waals surface area contributed by atoms with Gasteiger partial charge in [-0.2, -0.15) is 5.10 Å². The van der Waals surface area contributed by atoms with Crippen LogP contribution >= 0.6 is 0 Å². The maximum atomic E-state index is 12.1. The molecular weight excluding hydrogens is 294 g/mol. The summed E-state index contributed by atoms with van der Waals surface area (Å²) in [6.07, 6.45) is 3.64. The fourth-order valence-corrected chi connectivity index (χ4v) is 1.97. The highest BCUT2D eigenvalue weighted by atomic mass is 16.5. The highest BCUT2D eigenvalue weighted by Gasteiger charge is 2.15. The van der Waals surface area contributed by atoms with Gasteiger partial charge in [0.1, 0.15) is 17.6 Å². The third-order valence-electron chi connectivity index (χ3n) is 3.14. The monoisotopic (exact) mass is 315 g/mol. The second-order valence-electron chi connectivity index (χ2n) is 4.81. The minimum absolute atomic E-state index is 0.204. The first-order valence-corrected chi connectivity index (χ1v) is 7.58. The van der Waals surface area contributed by atoms with Crippen molar-refractivity contribution in [2.75, 3.05) is 11.9 Å². The Labute approximate surface area is 135 Å². The first kappa shape index (κ1) is 16.6. The number of carbonyl (C=O) groups excluding carboxylic acids is 1. The number of nitrogens with one attached hydrogen (secondary N) is 2. The number of hydrogen-bond acceptors (Lipinski definition) is 5. The average molecular weight is 315 g/mol. The van der Waals surface area contributed by atoms with Crippen LogP contribution in [0.3, 0.4) is 0 Å². The van der Waals surface area contributed by atoms with Crippen LogP contribution in [0.2, 0.25) is 0 Å². The molecule has 0 aliphatic heterocycles. The summed E-state index contributed by atoms with van der Waals surface area (Å²) >= 11 is 0. The molecule has 0 saturated carbocycles. The van der Waals surface area contributed by atoms with E-state index in [2.05, 4.69) is 15.8 Å². The molecule has 0 spiro atoms. The normalized spacial score (nSPS) is 12.1. The Kier molecular flexibility index (Phi) is 6.23. The summed E-state index contributed by atoms with van der Waals surface area (Å²) in [5.74, 6) is 1.18. The van der Waals surface area contributed by atoms with Crippen molar-refractivity contribution < 1.29 is 13.9 Å². The van der Waals surface area contributed by atoms with Crippen LogP contribution in [-0.2, 0) is 4.79 Å². The van der Waals surface area contributed by atoms with E-state index in [0.29, 0.717) is 18.8 Å². The topological polar surface area (TPSA) is 75.9 Å². The Bertz CT molecular complexity index is 621. The largest absolute Gasteiger partial charge is 0.494 e. The maximum absolute atomic E-state index is 12.1. The van der Waals surface area contributed by atoms with E-state index >= 15 is 0 Å². The van der Waals surface area contributed by atoms with Gasteiger partial charge >= 0.3 is 0 Å². The summed E-state index contributed by atoms with van der Waals surface area (Å²) in [6.45, 7) is 4.50. The summed E-state index contributed by atoms with van der Waals surface area (Å²) in [5.41, 5.74) is 3.36. The van der Waals surface area contributed by atoms with E-state index in [0.717, 1.165) is 11.4 Å². The quantitative estimate of drug-likeness (QED) is 0.580. The number of rotatable bonds is 8. The molecule has 1 unspecified atom stereocenters. The number of hydrazone groups is 1. The lowest BCUT2D eigenvalue weighted by molar-refractivity contribution is -0.121. The Morgan fingerprint density at radius 1 is 1.30 bits per heavy atom. The number of furan rings is 1. The van der Waals surface area contributed by atoms with Crippen molar-refractivity contribution in [1.82, 2.24) is 5.43 Å². The molecule has 122 valence electrons. The molecule has 2 rings (SSSR count). The van der Waals surface area contributed by atoms with Gasteiger partial charge in [0.15, 0.2) is 0 Å². The first-order valence-electron chi connectivity index (χ1n) is 7.58. The minimum atomic E-state index is -0.373. The van der Waals surface area contributed by atoms with Gasteiger partial charge in [-0.15, -0.1) is 0 Å². The lowest BCUT2D eigenvalue weighted by atomic mass is 10.2. The van der Waals surface area contributed by atoms with Crippen LogP contribution in [0.1, 0.15) is 26.0 Å². The number of amides is 1. The molecule has 0 bridgehead atoms. The molecule has 0 aliphatic rings. The van der Waals surface area contributed by atoms with Crippen LogP contribution in [0.15, 0.2) is 52.2 Å². The standard InChI is InChI=1S/C17H21N3O3/c1-3-16(17(21)20-18-12-15-6-5-11-23-15)19-13-7-9-14(10-8-13)22-4-2/h5-12,16,19H,3-4H2,1-2H3,(H,20,21). The van der Waals surface area contributed by atoms with Crippen molar-refractivity contribution in [3.8, 4) is 5.75 Å². The summed E-state index contributed by atoms with van der Waals surface area (Å²) in [4.78, 5) is 12.1. The zero-order valence-electron chi connectivity index (χ0n) is 13.3. The van der Waals surface area contributed by atoms with Crippen LogP contribution in [-0.4, -0.2) is 24.8 Å². The van der Waals surface area contributed by atoms with Gasteiger partial charge < -0.3 is 14.5 Å². The van der Waals surface area contributed by atoms with Gasteiger partial charge in [0.2, 0.25) is 0 Å². The van der Waals surface area contributed by atoms with Crippen molar-refractivity contribution in [3.05, 3.63) is 48.4 Å². The molecule has 6 heteroatoms. The Balaban J connectivity index is 1.89. The fourth-order valence-electron chi connectivity index (χ4n) is 1.97. The van der Waals surface area contributed by atoms with Crippen molar-refractivity contribution in [3.63, 3.8) is 0 Å². The van der Waals surface area contributed by atoms with Crippen LogP contribution in [0, 0.1) is 0 Å². The summed E-state index contributed by atoms with van der Waals surface area (Å²) in [7, 11) is 0. The average Bonchev–Trinajstić information content (AvgIpc) is 3.07. The zero-order chi connectivity index (χ0) is 16.5. The molecule has 6 nitrogen and oxygen atoms in total. The maximum Gasteiger partial charge on any atom is 0.262 e. The first-order chi connectivity index (χ1) is 11.2. The molecule has 0 radical (unpaired) electrons. The van der Waals surface area contributed by atoms with Crippen molar-refractivity contribution in [1.29, 1.82) is 0 Å². The fraction of sp³-hybridized carbons (Fsp3) is 0.294. The van der Waals surface area contributed by atoms with E-state index < -0.39 is 0 Å². The van der Waals surface area contributed by atoms with Crippen LogP contribution in [0.5, 0.6) is 5.75 Å². The molecule has 1 atom stereocenters. The Hall–Kier alpha value is -2.76.